The predicted molar refractivity (Wildman–Crippen MR) is 43.1 cm³/mol. The summed E-state index contributed by atoms with van der Waals surface area (Å²) < 4.78 is 0. The monoisotopic (exact) mass is 246 g/mol. The Labute approximate surface area is 96.5 Å². The number of carbonyl (C=O) groups excluding carboxylic acids is 4. The van der Waals surface area contributed by atoms with Gasteiger partial charge < -0.3 is 39.6 Å². The summed E-state index contributed by atoms with van der Waals surface area (Å²) in [6, 6.07) is 0. The maximum atomic E-state index is 9.77. The number of unbranched alkanes of at least 4 members (excludes halogenated alkanes) is 1. The van der Waals surface area contributed by atoms with Gasteiger partial charge in [0.25, 0.3) is 0 Å². The van der Waals surface area contributed by atoms with Gasteiger partial charge in [0, 0.05) is 30.3 Å². The Balaban J connectivity index is 0. The van der Waals surface area contributed by atoms with E-state index in [0.29, 0.717) is 12.8 Å². The number of aliphatic carboxylic acids is 4. The molecule has 0 amide bonds. The van der Waals surface area contributed by atoms with Crippen LogP contribution in [0.1, 0.15) is 32.1 Å². The second-order valence-electron chi connectivity index (χ2n) is 2.87. The van der Waals surface area contributed by atoms with E-state index < -0.39 is 30.3 Å². The van der Waals surface area contributed by atoms with Crippen LogP contribution in [0.25, 0.3) is 0 Å². The van der Waals surface area contributed by atoms with Crippen molar-refractivity contribution in [2.24, 2.45) is 0 Å². The van der Waals surface area contributed by atoms with Crippen molar-refractivity contribution in [3.63, 3.8) is 0 Å². The first kappa shape index (κ1) is 17.3. The van der Waals surface area contributed by atoms with Crippen LogP contribution in [-0.2, 0) is 19.2 Å². The summed E-state index contributed by atoms with van der Waals surface area (Å²) >= 11 is 0. The number of carboxylic acids is 4. The fourth-order valence-electron chi connectivity index (χ4n) is 0.657. The van der Waals surface area contributed by atoms with Crippen molar-refractivity contribution in [2.45, 2.75) is 32.1 Å². The van der Waals surface area contributed by atoms with Gasteiger partial charge >= 0.3 is 0 Å². The van der Waals surface area contributed by atoms with E-state index in [0.717, 1.165) is 0 Å². The Morgan fingerprint density at radius 3 is 1.00 bits per heavy atom. The van der Waals surface area contributed by atoms with Crippen LogP contribution in [-0.4, -0.2) is 23.9 Å². The summed E-state index contributed by atoms with van der Waals surface area (Å²) in [6.45, 7) is 0. The molecule has 0 saturated heterocycles. The van der Waals surface area contributed by atoms with Crippen LogP contribution in [0.3, 0.4) is 0 Å². The zero-order valence-corrected chi connectivity index (χ0v) is 8.80. The molecule has 0 spiro atoms. The van der Waals surface area contributed by atoms with Gasteiger partial charge in [-0.3, -0.25) is 0 Å². The van der Waals surface area contributed by atoms with E-state index in [1.54, 1.807) is 0 Å². The van der Waals surface area contributed by atoms with E-state index in [1.807, 2.05) is 0 Å². The molecule has 0 radical (unpaired) electrons. The highest BCUT2D eigenvalue weighted by molar-refractivity contribution is 5.86. The minimum absolute atomic E-state index is 0.0761. The molecule has 0 N–H and O–H groups in total. The third-order valence-electron chi connectivity index (χ3n) is 1.30. The van der Waals surface area contributed by atoms with Gasteiger partial charge in [0.15, 0.2) is 0 Å². The lowest BCUT2D eigenvalue weighted by Crippen LogP contribution is -2.32. The van der Waals surface area contributed by atoms with E-state index in [4.69, 9.17) is 0 Å². The molecule has 0 aromatic carbocycles. The van der Waals surface area contributed by atoms with E-state index >= 15 is 0 Å². The first-order valence-electron chi connectivity index (χ1n) is 4.55. The molecule has 98 valence electrons. The molecule has 0 heterocycles. The second kappa shape index (κ2) is 10.4. The molecule has 0 aliphatic heterocycles. The molecule has 8 nitrogen and oxygen atoms in total. The Morgan fingerprint density at radius 2 is 0.882 bits per heavy atom. The fourth-order valence-corrected chi connectivity index (χ4v) is 0.657. The van der Waals surface area contributed by atoms with E-state index in [9.17, 15) is 39.6 Å². The van der Waals surface area contributed by atoms with Crippen LogP contribution in [0, 0.1) is 0 Å². The molecule has 0 aromatic heterocycles. The zero-order valence-electron chi connectivity index (χ0n) is 8.80. The second-order valence-corrected chi connectivity index (χ2v) is 2.87. The van der Waals surface area contributed by atoms with Gasteiger partial charge in [0.2, 0.25) is 0 Å². The normalized spacial score (nSPS) is 8.71. The van der Waals surface area contributed by atoms with Crippen LogP contribution in [0.5, 0.6) is 0 Å². The number of hydrogen-bond donors (Lipinski definition) is 0. The summed E-state index contributed by atoms with van der Waals surface area (Å²) in [7, 11) is 0. The number of carboxylic acid groups (broad SMARTS) is 4. The van der Waals surface area contributed by atoms with Gasteiger partial charge in [-0.25, -0.2) is 0 Å². The average molecular weight is 246 g/mol. The Morgan fingerprint density at radius 1 is 0.588 bits per heavy atom. The highest BCUT2D eigenvalue weighted by Crippen LogP contribution is 1.96. The lowest BCUT2D eigenvalue weighted by Gasteiger charge is -2.01. The number of hydrogen-bond acceptors (Lipinski definition) is 8. The average Bonchev–Trinajstić information content (AvgIpc) is 2.10. The molecule has 0 fully saturated rings. The maximum Gasteiger partial charge on any atom is 0.0470 e. The van der Waals surface area contributed by atoms with Crippen LogP contribution >= 0.6 is 0 Å². The van der Waals surface area contributed by atoms with Crippen molar-refractivity contribution >= 4 is 23.9 Å². The van der Waals surface area contributed by atoms with Crippen LogP contribution in [0.2, 0.25) is 0 Å². The molecular formula is C9H10O8-4. The minimum atomic E-state index is -1.63. The van der Waals surface area contributed by atoms with Gasteiger partial charge in [-0.1, -0.05) is 0 Å². The molecule has 0 rings (SSSR count). The fraction of sp³-hybridized carbons (Fsp3) is 0.556. The van der Waals surface area contributed by atoms with Gasteiger partial charge in [-0.2, -0.15) is 0 Å². The van der Waals surface area contributed by atoms with Gasteiger partial charge in [-0.05, 0) is 25.7 Å². The molecule has 17 heavy (non-hydrogen) atoms. The third-order valence-corrected chi connectivity index (χ3v) is 1.30. The Hall–Kier alpha value is -2.12. The molecule has 0 aliphatic carbocycles. The Bertz CT molecular complexity index is 255. The van der Waals surface area contributed by atoms with Crippen LogP contribution in [0.15, 0.2) is 0 Å². The van der Waals surface area contributed by atoms with E-state index in [-0.39, 0.29) is 12.8 Å². The van der Waals surface area contributed by atoms with Crippen molar-refractivity contribution in [1.29, 1.82) is 0 Å². The van der Waals surface area contributed by atoms with Gasteiger partial charge in [0.1, 0.15) is 0 Å². The zero-order chi connectivity index (χ0) is 13.8. The third kappa shape index (κ3) is 24.8. The standard InChI is InChI=1S/C6H10O4.C3H4O4/c7-5(8)3-1-2-4-6(9)10;4-2(5)1-3(6)7/h1-4H2,(H,7,8)(H,9,10);1H2,(H,4,5)(H,6,7)/p-4. The minimum Gasteiger partial charge on any atom is -0.550 e. The van der Waals surface area contributed by atoms with Crippen molar-refractivity contribution in [1.82, 2.24) is 0 Å². The lowest BCUT2D eigenvalue weighted by atomic mass is 10.2. The SMILES string of the molecule is O=C([O-])CC(=O)[O-].O=C([O-])CCCCC(=O)[O-]. The van der Waals surface area contributed by atoms with Crippen molar-refractivity contribution in [3.05, 3.63) is 0 Å². The molecule has 0 bridgehead atoms. The highest BCUT2D eigenvalue weighted by atomic mass is 16.4. The first-order chi connectivity index (χ1) is 7.75. The summed E-state index contributed by atoms with van der Waals surface area (Å²) in [5.41, 5.74) is 0. The molecule has 0 saturated carbocycles. The summed E-state index contributed by atoms with van der Waals surface area (Å²) in [5, 5.41) is 38.1. The number of carbonyl (C=O) groups is 4. The molecule has 0 unspecified atom stereocenters. The smallest absolute Gasteiger partial charge is 0.0470 e. The maximum absolute atomic E-state index is 9.77. The van der Waals surface area contributed by atoms with Gasteiger partial charge in [0.05, 0.1) is 0 Å². The molecular weight excluding hydrogens is 236 g/mol. The molecule has 8 heteroatoms. The van der Waals surface area contributed by atoms with Gasteiger partial charge in [-0.15, -0.1) is 0 Å². The Kier molecular flexibility index (Phi) is 10.6. The quantitative estimate of drug-likeness (QED) is 0.318. The summed E-state index contributed by atoms with van der Waals surface area (Å²) in [6.07, 6.45) is -0.493. The largest absolute Gasteiger partial charge is 0.550 e. The van der Waals surface area contributed by atoms with Crippen molar-refractivity contribution < 1.29 is 39.6 Å². The van der Waals surface area contributed by atoms with Crippen molar-refractivity contribution in [3.8, 4) is 0 Å². The van der Waals surface area contributed by atoms with E-state index in [1.165, 1.54) is 0 Å². The highest BCUT2D eigenvalue weighted by Gasteiger charge is 1.89. The number of rotatable bonds is 7. The summed E-state index contributed by atoms with van der Waals surface area (Å²) in [5.74, 6) is -5.53. The van der Waals surface area contributed by atoms with Crippen molar-refractivity contribution in [2.75, 3.05) is 0 Å². The molecule has 0 atom stereocenters. The van der Waals surface area contributed by atoms with Crippen LogP contribution in [0.4, 0.5) is 0 Å². The van der Waals surface area contributed by atoms with E-state index in [2.05, 4.69) is 0 Å². The first-order valence-corrected chi connectivity index (χ1v) is 4.55. The molecule has 0 aromatic rings. The molecule has 0 aliphatic rings. The topological polar surface area (TPSA) is 161 Å². The predicted octanol–water partition coefficient (Wildman–Crippen LogP) is -5.08. The van der Waals surface area contributed by atoms with Crippen LogP contribution < -0.4 is 20.4 Å². The lowest BCUT2D eigenvalue weighted by molar-refractivity contribution is -0.322. The summed E-state index contributed by atoms with van der Waals surface area (Å²) in [4.78, 5) is 38.1.